The van der Waals surface area contributed by atoms with Gasteiger partial charge in [0.1, 0.15) is 0 Å². The van der Waals surface area contributed by atoms with Crippen molar-refractivity contribution in [2.24, 2.45) is 0 Å². The molecule has 0 saturated heterocycles. The Morgan fingerprint density at radius 3 is 2.64 bits per heavy atom. The molecule has 0 spiro atoms. The van der Waals surface area contributed by atoms with Crippen LogP contribution in [0.2, 0.25) is 0 Å². The molecular formula is C10H21NO3. The molecule has 4 nitrogen and oxygen atoms in total. The van der Waals surface area contributed by atoms with Gasteiger partial charge in [0, 0.05) is 19.3 Å². The van der Waals surface area contributed by atoms with Crippen LogP contribution in [0, 0.1) is 0 Å². The molecule has 2 N–H and O–H groups in total. The third kappa shape index (κ3) is 4.37. The summed E-state index contributed by atoms with van der Waals surface area (Å²) >= 11 is 0. The maximum Gasteiger partial charge on any atom is 0.0700 e. The first kappa shape index (κ1) is 11.9. The fourth-order valence-corrected chi connectivity index (χ4v) is 1.31. The van der Waals surface area contributed by atoms with Gasteiger partial charge in [-0.15, -0.1) is 0 Å². The van der Waals surface area contributed by atoms with Crippen molar-refractivity contribution in [3.63, 3.8) is 0 Å². The Morgan fingerprint density at radius 2 is 2.07 bits per heavy atom. The molecule has 0 bridgehead atoms. The van der Waals surface area contributed by atoms with Gasteiger partial charge in [-0.3, -0.25) is 0 Å². The predicted molar refractivity (Wildman–Crippen MR) is 54.4 cm³/mol. The summed E-state index contributed by atoms with van der Waals surface area (Å²) in [7, 11) is 1.67. The monoisotopic (exact) mass is 203 g/mol. The maximum atomic E-state index is 9.02. The maximum absolute atomic E-state index is 9.02. The third-order valence-electron chi connectivity index (χ3n) is 2.55. The van der Waals surface area contributed by atoms with Crippen molar-refractivity contribution >= 4 is 0 Å². The van der Waals surface area contributed by atoms with Crippen LogP contribution in [0.3, 0.4) is 0 Å². The summed E-state index contributed by atoms with van der Waals surface area (Å²) in [4.78, 5) is 0. The lowest BCUT2D eigenvalue weighted by Crippen LogP contribution is -2.35. The minimum atomic E-state index is 0.0620. The molecule has 1 fully saturated rings. The third-order valence-corrected chi connectivity index (χ3v) is 2.55. The summed E-state index contributed by atoms with van der Waals surface area (Å²) in [5.41, 5.74) is 0.0620. The van der Waals surface area contributed by atoms with Crippen molar-refractivity contribution in [3.8, 4) is 0 Å². The molecule has 0 radical (unpaired) electrons. The van der Waals surface area contributed by atoms with E-state index in [-0.39, 0.29) is 12.1 Å². The fourth-order valence-electron chi connectivity index (χ4n) is 1.31. The number of aliphatic hydroxyl groups excluding tert-OH is 1. The lowest BCUT2D eigenvalue weighted by Gasteiger charge is -2.13. The van der Waals surface area contributed by atoms with E-state index in [4.69, 9.17) is 14.6 Å². The number of hydrogen-bond donors (Lipinski definition) is 2. The average molecular weight is 203 g/mol. The molecule has 4 heteroatoms. The minimum absolute atomic E-state index is 0.0620. The van der Waals surface area contributed by atoms with Gasteiger partial charge in [0.2, 0.25) is 0 Å². The van der Waals surface area contributed by atoms with E-state index in [0.29, 0.717) is 13.2 Å². The molecule has 0 unspecified atom stereocenters. The zero-order valence-electron chi connectivity index (χ0n) is 8.92. The number of nitrogens with one attached hydrogen (secondary N) is 1. The lowest BCUT2D eigenvalue weighted by molar-refractivity contribution is 0.0688. The predicted octanol–water partition coefficient (Wildman–Crippen LogP) is 0.154. The van der Waals surface area contributed by atoms with Crippen LogP contribution >= 0.6 is 0 Å². The Kier molecular flexibility index (Phi) is 5.40. The van der Waals surface area contributed by atoms with E-state index in [1.165, 1.54) is 0 Å². The molecule has 14 heavy (non-hydrogen) atoms. The van der Waals surface area contributed by atoms with Crippen LogP contribution in [-0.4, -0.2) is 50.7 Å². The molecule has 84 valence electrons. The van der Waals surface area contributed by atoms with E-state index in [1.807, 2.05) is 0 Å². The van der Waals surface area contributed by atoms with E-state index in [1.54, 1.807) is 7.11 Å². The molecule has 1 rings (SSSR count). The van der Waals surface area contributed by atoms with E-state index in [0.717, 1.165) is 32.4 Å². The van der Waals surface area contributed by atoms with Gasteiger partial charge >= 0.3 is 0 Å². The molecular weight excluding hydrogens is 182 g/mol. The van der Waals surface area contributed by atoms with Crippen molar-refractivity contribution in [1.29, 1.82) is 0 Å². The molecule has 1 aliphatic rings. The largest absolute Gasteiger partial charge is 0.394 e. The van der Waals surface area contributed by atoms with Gasteiger partial charge in [-0.1, -0.05) is 0 Å². The Balaban J connectivity index is 1.80. The molecule has 0 aliphatic heterocycles. The van der Waals surface area contributed by atoms with Crippen LogP contribution in [0.25, 0.3) is 0 Å². The van der Waals surface area contributed by atoms with Crippen molar-refractivity contribution in [1.82, 2.24) is 5.32 Å². The molecule has 0 aromatic heterocycles. The van der Waals surface area contributed by atoms with Crippen molar-refractivity contribution in [2.45, 2.75) is 24.8 Å². The van der Waals surface area contributed by atoms with Crippen LogP contribution in [0.4, 0.5) is 0 Å². The molecule has 1 saturated carbocycles. The number of aliphatic hydroxyl groups is 1. The fraction of sp³-hybridized carbons (Fsp3) is 1.00. The molecule has 0 aromatic carbocycles. The van der Waals surface area contributed by atoms with Gasteiger partial charge < -0.3 is 19.9 Å². The summed E-state index contributed by atoms with van der Waals surface area (Å²) in [5, 5.41) is 12.4. The van der Waals surface area contributed by atoms with Gasteiger partial charge in [-0.25, -0.2) is 0 Å². The highest BCUT2D eigenvalue weighted by Gasteiger charge is 2.40. The van der Waals surface area contributed by atoms with Gasteiger partial charge in [0.05, 0.1) is 19.8 Å². The van der Waals surface area contributed by atoms with Crippen molar-refractivity contribution in [2.75, 3.05) is 40.1 Å². The molecule has 0 amide bonds. The summed E-state index contributed by atoms with van der Waals surface area (Å²) in [6.07, 6.45) is 3.20. The van der Waals surface area contributed by atoms with Crippen LogP contribution in [-0.2, 0) is 9.47 Å². The first-order valence-corrected chi connectivity index (χ1v) is 5.25. The topological polar surface area (TPSA) is 50.7 Å². The average Bonchev–Trinajstić information content (AvgIpc) is 2.98. The molecule has 0 heterocycles. The SMILES string of the molecule is COCCOCCCNC1(CO)CC1. The van der Waals surface area contributed by atoms with E-state index >= 15 is 0 Å². The van der Waals surface area contributed by atoms with Crippen molar-refractivity contribution in [3.05, 3.63) is 0 Å². The second-order valence-electron chi connectivity index (χ2n) is 3.82. The van der Waals surface area contributed by atoms with Gasteiger partial charge in [-0.05, 0) is 25.8 Å². The standard InChI is InChI=1S/C10H21NO3/c1-13-7-8-14-6-2-5-11-10(9-12)3-4-10/h11-12H,2-9H2,1H3. The summed E-state index contributed by atoms with van der Waals surface area (Å²) in [5.74, 6) is 0. The van der Waals surface area contributed by atoms with Gasteiger partial charge in [0.15, 0.2) is 0 Å². The second-order valence-corrected chi connectivity index (χ2v) is 3.82. The van der Waals surface area contributed by atoms with E-state index in [9.17, 15) is 0 Å². The zero-order valence-corrected chi connectivity index (χ0v) is 8.92. The Hall–Kier alpha value is -0.160. The summed E-state index contributed by atoms with van der Waals surface area (Å²) in [6, 6.07) is 0. The number of hydrogen-bond acceptors (Lipinski definition) is 4. The first-order chi connectivity index (χ1) is 6.83. The zero-order chi connectivity index (χ0) is 10.3. The smallest absolute Gasteiger partial charge is 0.0700 e. The molecule has 0 atom stereocenters. The van der Waals surface area contributed by atoms with Crippen LogP contribution < -0.4 is 5.32 Å². The van der Waals surface area contributed by atoms with Crippen LogP contribution in [0.5, 0.6) is 0 Å². The molecule has 0 aromatic rings. The Labute approximate surface area is 85.6 Å². The minimum Gasteiger partial charge on any atom is -0.394 e. The number of rotatable bonds is 9. The van der Waals surface area contributed by atoms with Crippen LogP contribution in [0.1, 0.15) is 19.3 Å². The summed E-state index contributed by atoms with van der Waals surface area (Å²) < 4.78 is 10.2. The number of ether oxygens (including phenoxy) is 2. The van der Waals surface area contributed by atoms with E-state index in [2.05, 4.69) is 5.32 Å². The highest BCUT2D eigenvalue weighted by atomic mass is 16.5. The summed E-state index contributed by atoms with van der Waals surface area (Å²) in [6.45, 7) is 3.28. The first-order valence-electron chi connectivity index (χ1n) is 5.25. The lowest BCUT2D eigenvalue weighted by atomic mass is 10.3. The Bertz CT molecular complexity index is 148. The van der Waals surface area contributed by atoms with Crippen molar-refractivity contribution < 1.29 is 14.6 Å². The van der Waals surface area contributed by atoms with Gasteiger partial charge in [-0.2, -0.15) is 0 Å². The highest BCUT2D eigenvalue weighted by molar-refractivity contribution is 5.01. The van der Waals surface area contributed by atoms with Gasteiger partial charge in [0.25, 0.3) is 0 Å². The van der Waals surface area contributed by atoms with Crippen LogP contribution in [0.15, 0.2) is 0 Å². The highest BCUT2D eigenvalue weighted by Crippen LogP contribution is 2.34. The molecule has 1 aliphatic carbocycles. The quantitative estimate of drug-likeness (QED) is 0.524. The second kappa shape index (κ2) is 6.35. The normalized spacial score (nSPS) is 18.4. The van der Waals surface area contributed by atoms with E-state index < -0.39 is 0 Å². The Morgan fingerprint density at radius 1 is 1.29 bits per heavy atom. The number of methoxy groups -OCH3 is 1.